The summed E-state index contributed by atoms with van der Waals surface area (Å²) < 4.78 is 4.94. The first-order valence-corrected chi connectivity index (χ1v) is 5.15. The Balaban J connectivity index is 2.25. The van der Waals surface area contributed by atoms with Gasteiger partial charge < -0.3 is 15.2 Å². The van der Waals surface area contributed by atoms with Crippen molar-refractivity contribution >= 4 is 17.3 Å². The highest BCUT2D eigenvalue weighted by Crippen LogP contribution is 2.20. The first-order chi connectivity index (χ1) is 8.70. The Labute approximate surface area is 103 Å². The van der Waals surface area contributed by atoms with Crippen LogP contribution in [0.1, 0.15) is 10.4 Å². The Hall–Kier alpha value is -2.63. The predicted molar refractivity (Wildman–Crippen MR) is 65.3 cm³/mol. The molecule has 0 aliphatic rings. The van der Waals surface area contributed by atoms with E-state index in [2.05, 4.69) is 15.3 Å². The van der Waals surface area contributed by atoms with Crippen LogP contribution in [0, 0.1) is 0 Å². The number of carbonyl (C=O) groups is 1. The molecule has 0 fully saturated rings. The largest absolute Gasteiger partial charge is 0.481 e. The number of methoxy groups -OCH3 is 1. The second-order valence-electron chi connectivity index (χ2n) is 3.44. The summed E-state index contributed by atoms with van der Waals surface area (Å²) in [6, 6.07) is 4.85. The molecular weight excluding hydrogens is 234 g/mol. The van der Waals surface area contributed by atoms with Crippen molar-refractivity contribution in [3.63, 3.8) is 0 Å². The molecule has 2 rings (SSSR count). The zero-order valence-electron chi connectivity index (χ0n) is 9.62. The number of aromatic carboxylic acids is 1. The van der Waals surface area contributed by atoms with Crippen molar-refractivity contribution < 1.29 is 14.6 Å². The van der Waals surface area contributed by atoms with Gasteiger partial charge in [0.05, 0.1) is 36.4 Å². The number of carboxylic acids is 1. The number of rotatable bonds is 4. The lowest BCUT2D eigenvalue weighted by molar-refractivity contribution is 0.0698. The summed E-state index contributed by atoms with van der Waals surface area (Å²) in [4.78, 5) is 18.9. The van der Waals surface area contributed by atoms with Crippen molar-refractivity contribution in [2.75, 3.05) is 12.4 Å². The standard InChI is InChI=1S/C12H11N3O3/c1-18-11-3-2-8(6-14-11)15-10-7-13-5-4-9(10)12(16)17/h2-7,15H,1H3,(H,16,17). The van der Waals surface area contributed by atoms with E-state index < -0.39 is 5.97 Å². The van der Waals surface area contributed by atoms with Crippen LogP contribution in [0.3, 0.4) is 0 Å². The number of anilines is 2. The van der Waals surface area contributed by atoms with Crippen LogP contribution >= 0.6 is 0 Å². The van der Waals surface area contributed by atoms with Crippen LogP contribution < -0.4 is 10.1 Å². The molecule has 92 valence electrons. The second-order valence-corrected chi connectivity index (χ2v) is 3.44. The van der Waals surface area contributed by atoms with Gasteiger partial charge in [-0.1, -0.05) is 0 Å². The zero-order valence-corrected chi connectivity index (χ0v) is 9.62. The first-order valence-electron chi connectivity index (χ1n) is 5.15. The topological polar surface area (TPSA) is 84.3 Å². The van der Waals surface area contributed by atoms with E-state index in [0.29, 0.717) is 17.3 Å². The average molecular weight is 245 g/mol. The molecule has 0 aliphatic carbocycles. The van der Waals surface area contributed by atoms with E-state index in [1.807, 2.05) is 0 Å². The van der Waals surface area contributed by atoms with E-state index in [9.17, 15) is 4.79 Å². The quantitative estimate of drug-likeness (QED) is 0.856. The molecule has 0 radical (unpaired) electrons. The first kappa shape index (κ1) is 11.8. The summed E-state index contributed by atoms with van der Waals surface area (Å²) >= 11 is 0. The van der Waals surface area contributed by atoms with E-state index in [4.69, 9.17) is 9.84 Å². The van der Waals surface area contributed by atoms with Crippen molar-refractivity contribution in [2.45, 2.75) is 0 Å². The minimum atomic E-state index is -1.01. The third-order valence-corrected chi connectivity index (χ3v) is 2.28. The van der Waals surface area contributed by atoms with Gasteiger partial charge in [0.25, 0.3) is 0 Å². The Bertz CT molecular complexity index is 555. The summed E-state index contributed by atoms with van der Waals surface area (Å²) in [7, 11) is 1.53. The molecule has 0 aromatic carbocycles. The molecule has 2 N–H and O–H groups in total. The second kappa shape index (κ2) is 5.13. The smallest absolute Gasteiger partial charge is 0.337 e. The van der Waals surface area contributed by atoms with Crippen molar-refractivity contribution in [1.29, 1.82) is 0 Å². The van der Waals surface area contributed by atoms with Crippen molar-refractivity contribution in [2.24, 2.45) is 0 Å². The molecule has 0 aliphatic heterocycles. The summed E-state index contributed by atoms with van der Waals surface area (Å²) in [6.45, 7) is 0. The third kappa shape index (κ3) is 2.54. The normalized spacial score (nSPS) is 9.83. The maximum atomic E-state index is 11.0. The number of hydrogen-bond acceptors (Lipinski definition) is 5. The Kier molecular flexibility index (Phi) is 3.38. The Morgan fingerprint density at radius 1 is 1.33 bits per heavy atom. The van der Waals surface area contributed by atoms with E-state index >= 15 is 0 Å². The van der Waals surface area contributed by atoms with Crippen LogP contribution in [0.2, 0.25) is 0 Å². The van der Waals surface area contributed by atoms with Gasteiger partial charge in [-0.15, -0.1) is 0 Å². The van der Waals surface area contributed by atoms with Gasteiger partial charge in [0.1, 0.15) is 0 Å². The summed E-state index contributed by atoms with van der Waals surface area (Å²) in [6.07, 6.45) is 4.44. The number of nitrogens with zero attached hydrogens (tertiary/aromatic N) is 2. The van der Waals surface area contributed by atoms with Gasteiger partial charge in [-0.3, -0.25) is 4.98 Å². The van der Waals surface area contributed by atoms with Crippen LogP contribution in [-0.2, 0) is 0 Å². The Morgan fingerprint density at radius 2 is 2.17 bits per heavy atom. The highest BCUT2D eigenvalue weighted by Gasteiger charge is 2.09. The molecule has 18 heavy (non-hydrogen) atoms. The molecular formula is C12H11N3O3. The minimum absolute atomic E-state index is 0.154. The van der Waals surface area contributed by atoms with Crippen LogP contribution in [0.15, 0.2) is 36.8 Å². The van der Waals surface area contributed by atoms with E-state index in [0.717, 1.165) is 0 Å². The molecule has 2 aromatic heterocycles. The lowest BCUT2D eigenvalue weighted by Crippen LogP contribution is -2.03. The molecule has 0 atom stereocenters. The average Bonchev–Trinajstić information content (AvgIpc) is 2.40. The highest BCUT2D eigenvalue weighted by molar-refractivity contribution is 5.94. The van der Waals surface area contributed by atoms with E-state index in [1.165, 1.54) is 25.6 Å². The molecule has 6 heteroatoms. The zero-order chi connectivity index (χ0) is 13.0. The van der Waals surface area contributed by atoms with Gasteiger partial charge in [-0.25, -0.2) is 9.78 Å². The SMILES string of the molecule is COc1ccc(Nc2cnccc2C(=O)O)cn1. The fraction of sp³-hybridized carbons (Fsp3) is 0.0833. The fourth-order valence-electron chi connectivity index (χ4n) is 1.41. The van der Waals surface area contributed by atoms with Crippen LogP contribution in [0.5, 0.6) is 5.88 Å². The molecule has 0 bridgehead atoms. The summed E-state index contributed by atoms with van der Waals surface area (Å²) in [5.41, 5.74) is 1.23. The number of nitrogens with one attached hydrogen (secondary N) is 1. The molecule has 0 saturated carbocycles. The number of hydrogen-bond donors (Lipinski definition) is 2. The number of aromatic nitrogens is 2. The lowest BCUT2D eigenvalue weighted by atomic mass is 10.2. The number of ether oxygens (including phenoxy) is 1. The van der Waals surface area contributed by atoms with Crippen molar-refractivity contribution in [3.05, 3.63) is 42.4 Å². The van der Waals surface area contributed by atoms with Gasteiger partial charge in [-0.05, 0) is 12.1 Å². The number of carboxylic acid groups (broad SMARTS) is 1. The molecule has 0 unspecified atom stereocenters. The van der Waals surface area contributed by atoms with Gasteiger partial charge in [0, 0.05) is 12.3 Å². The Morgan fingerprint density at radius 3 is 2.78 bits per heavy atom. The molecule has 2 heterocycles. The van der Waals surface area contributed by atoms with Crippen LogP contribution in [-0.4, -0.2) is 28.2 Å². The molecule has 0 saturated heterocycles. The maximum absolute atomic E-state index is 11.0. The third-order valence-electron chi connectivity index (χ3n) is 2.28. The van der Waals surface area contributed by atoms with E-state index in [-0.39, 0.29) is 5.56 Å². The minimum Gasteiger partial charge on any atom is -0.481 e. The predicted octanol–water partition coefficient (Wildman–Crippen LogP) is 1.93. The number of pyridine rings is 2. The molecule has 2 aromatic rings. The van der Waals surface area contributed by atoms with Gasteiger partial charge in [0.15, 0.2) is 0 Å². The van der Waals surface area contributed by atoms with Crippen molar-refractivity contribution in [3.8, 4) is 5.88 Å². The molecule has 0 amide bonds. The van der Waals surface area contributed by atoms with Gasteiger partial charge >= 0.3 is 5.97 Å². The molecule has 6 nitrogen and oxygen atoms in total. The van der Waals surface area contributed by atoms with Gasteiger partial charge in [-0.2, -0.15) is 0 Å². The van der Waals surface area contributed by atoms with Crippen molar-refractivity contribution in [1.82, 2.24) is 9.97 Å². The summed E-state index contributed by atoms with van der Waals surface area (Å²) in [5.74, 6) is -0.522. The molecule has 0 spiro atoms. The highest BCUT2D eigenvalue weighted by atomic mass is 16.5. The van der Waals surface area contributed by atoms with Crippen LogP contribution in [0.25, 0.3) is 0 Å². The monoisotopic (exact) mass is 245 g/mol. The van der Waals surface area contributed by atoms with Gasteiger partial charge in [0.2, 0.25) is 5.88 Å². The maximum Gasteiger partial charge on any atom is 0.337 e. The van der Waals surface area contributed by atoms with E-state index in [1.54, 1.807) is 18.3 Å². The summed E-state index contributed by atoms with van der Waals surface area (Å²) in [5, 5.41) is 12.0. The fourth-order valence-corrected chi connectivity index (χ4v) is 1.41. The lowest BCUT2D eigenvalue weighted by Gasteiger charge is -2.08. The van der Waals surface area contributed by atoms with Crippen LogP contribution in [0.4, 0.5) is 11.4 Å².